The molecule has 0 aromatic heterocycles. The van der Waals surface area contributed by atoms with Crippen molar-refractivity contribution in [2.45, 2.75) is 56.9 Å². The lowest BCUT2D eigenvalue weighted by Gasteiger charge is -2.34. The monoisotopic (exact) mass is 434 g/mol. The highest BCUT2D eigenvalue weighted by atomic mass is 35.5. The van der Waals surface area contributed by atoms with E-state index < -0.39 is 10.0 Å². The highest BCUT2D eigenvalue weighted by Gasteiger charge is 2.28. The summed E-state index contributed by atoms with van der Waals surface area (Å²) in [7, 11) is -3.82. The smallest absolute Gasteiger partial charge is 0.261 e. The van der Waals surface area contributed by atoms with Gasteiger partial charge in [-0.05, 0) is 57.0 Å². The van der Waals surface area contributed by atoms with E-state index >= 15 is 0 Å². The zero-order chi connectivity index (χ0) is 21.0. The highest BCUT2D eigenvalue weighted by molar-refractivity contribution is 7.92. The van der Waals surface area contributed by atoms with E-state index in [1.165, 1.54) is 6.42 Å². The Kier molecular flexibility index (Phi) is 6.85. The van der Waals surface area contributed by atoms with Crippen molar-refractivity contribution >= 4 is 33.2 Å². The lowest BCUT2D eigenvalue weighted by atomic mass is 9.93. The molecule has 5 nitrogen and oxygen atoms in total. The Labute approximate surface area is 178 Å². The Balaban J connectivity index is 1.92. The summed E-state index contributed by atoms with van der Waals surface area (Å²) in [6, 6.07) is 11.4. The molecule has 1 aliphatic carbocycles. The topological polar surface area (TPSA) is 66.5 Å². The molecule has 0 radical (unpaired) electrons. The fourth-order valence-electron chi connectivity index (χ4n) is 3.82. The quantitative estimate of drug-likeness (QED) is 0.675. The van der Waals surface area contributed by atoms with Crippen molar-refractivity contribution in [1.82, 2.24) is 4.90 Å². The third-order valence-corrected chi connectivity index (χ3v) is 7.02. The summed E-state index contributed by atoms with van der Waals surface area (Å²) in [6.07, 6.45) is 5.37. The van der Waals surface area contributed by atoms with Gasteiger partial charge in [0.1, 0.15) is 0 Å². The van der Waals surface area contributed by atoms with E-state index in [-0.39, 0.29) is 28.1 Å². The van der Waals surface area contributed by atoms with Crippen LogP contribution in [0.2, 0.25) is 5.02 Å². The van der Waals surface area contributed by atoms with Crippen LogP contribution in [0.1, 0.15) is 54.9 Å². The standard InChI is InChI=1S/C22H27ClN2O3S/c1-3-25(18-7-5-4-6-8-18)22(26)20-15-17(23)11-14-21(20)24-29(27,28)19-12-9-16(2)10-13-19/h9-15,18,24H,3-8H2,1-2H3. The number of carbonyl (C=O) groups is 1. The summed E-state index contributed by atoms with van der Waals surface area (Å²) >= 11 is 6.15. The van der Waals surface area contributed by atoms with Crippen LogP contribution in [0.3, 0.4) is 0 Å². The van der Waals surface area contributed by atoms with Gasteiger partial charge in [-0.1, -0.05) is 48.6 Å². The molecule has 1 aliphatic rings. The molecule has 1 fully saturated rings. The van der Waals surface area contributed by atoms with Gasteiger partial charge in [0.15, 0.2) is 0 Å². The predicted molar refractivity (Wildman–Crippen MR) is 117 cm³/mol. The van der Waals surface area contributed by atoms with Crippen molar-refractivity contribution in [2.24, 2.45) is 0 Å². The second kappa shape index (κ2) is 9.18. The van der Waals surface area contributed by atoms with Crippen LogP contribution in [0, 0.1) is 6.92 Å². The SMILES string of the molecule is CCN(C(=O)c1cc(Cl)ccc1NS(=O)(=O)c1ccc(C)cc1)C1CCCCC1. The first-order chi connectivity index (χ1) is 13.8. The van der Waals surface area contributed by atoms with Crippen LogP contribution >= 0.6 is 11.6 Å². The van der Waals surface area contributed by atoms with Gasteiger partial charge in [0, 0.05) is 17.6 Å². The van der Waals surface area contributed by atoms with E-state index in [4.69, 9.17) is 11.6 Å². The molecule has 0 saturated heterocycles. The number of amides is 1. The summed E-state index contributed by atoms with van der Waals surface area (Å²) in [4.78, 5) is 15.3. The van der Waals surface area contributed by atoms with Crippen LogP contribution in [0.4, 0.5) is 5.69 Å². The van der Waals surface area contributed by atoms with Crippen molar-refractivity contribution in [1.29, 1.82) is 0 Å². The molecular weight excluding hydrogens is 408 g/mol. The minimum atomic E-state index is -3.82. The number of hydrogen-bond donors (Lipinski definition) is 1. The fourth-order valence-corrected chi connectivity index (χ4v) is 5.07. The first-order valence-electron chi connectivity index (χ1n) is 10.0. The van der Waals surface area contributed by atoms with Gasteiger partial charge in [0.2, 0.25) is 0 Å². The maximum atomic E-state index is 13.3. The second-order valence-corrected chi connectivity index (χ2v) is 9.61. The van der Waals surface area contributed by atoms with Gasteiger partial charge in [0.05, 0.1) is 16.1 Å². The van der Waals surface area contributed by atoms with Gasteiger partial charge >= 0.3 is 0 Å². The molecule has 0 bridgehead atoms. The van der Waals surface area contributed by atoms with Gasteiger partial charge < -0.3 is 4.90 Å². The molecule has 0 aliphatic heterocycles. The first-order valence-corrected chi connectivity index (χ1v) is 11.9. The van der Waals surface area contributed by atoms with Crippen LogP contribution < -0.4 is 4.72 Å². The molecular formula is C22H27ClN2O3S. The molecule has 0 atom stereocenters. The second-order valence-electron chi connectivity index (χ2n) is 7.49. The Morgan fingerprint density at radius 1 is 1.10 bits per heavy atom. The molecule has 2 aromatic rings. The van der Waals surface area contributed by atoms with Crippen LogP contribution in [-0.4, -0.2) is 31.8 Å². The maximum Gasteiger partial charge on any atom is 0.261 e. The van der Waals surface area contributed by atoms with Crippen LogP contribution in [0.15, 0.2) is 47.4 Å². The highest BCUT2D eigenvalue weighted by Crippen LogP contribution is 2.29. The third kappa shape index (κ3) is 5.11. The average molecular weight is 435 g/mol. The van der Waals surface area contributed by atoms with Crippen molar-refractivity contribution in [3.63, 3.8) is 0 Å². The molecule has 1 amide bonds. The van der Waals surface area contributed by atoms with Crippen molar-refractivity contribution in [3.8, 4) is 0 Å². The van der Waals surface area contributed by atoms with E-state index in [0.29, 0.717) is 11.6 Å². The zero-order valence-electron chi connectivity index (χ0n) is 16.8. The minimum absolute atomic E-state index is 0.149. The number of hydrogen-bond acceptors (Lipinski definition) is 3. The number of sulfonamides is 1. The number of halogens is 1. The van der Waals surface area contributed by atoms with Crippen LogP contribution in [0.25, 0.3) is 0 Å². The van der Waals surface area contributed by atoms with E-state index in [9.17, 15) is 13.2 Å². The molecule has 2 aromatic carbocycles. The maximum absolute atomic E-state index is 13.3. The van der Waals surface area contributed by atoms with Gasteiger partial charge in [0.25, 0.3) is 15.9 Å². The minimum Gasteiger partial charge on any atom is -0.336 e. The van der Waals surface area contributed by atoms with Crippen molar-refractivity contribution in [3.05, 3.63) is 58.6 Å². The first kappa shape index (κ1) is 21.7. The number of benzene rings is 2. The van der Waals surface area contributed by atoms with Gasteiger partial charge in [-0.25, -0.2) is 8.42 Å². The molecule has 0 spiro atoms. The Morgan fingerprint density at radius 2 is 1.76 bits per heavy atom. The number of anilines is 1. The summed E-state index contributed by atoms with van der Waals surface area (Å²) in [5, 5.41) is 0.395. The zero-order valence-corrected chi connectivity index (χ0v) is 18.4. The molecule has 1 N–H and O–H groups in total. The van der Waals surface area contributed by atoms with Crippen LogP contribution in [0.5, 0.6) is 0 Å². The molecule has 1 saturated carbocycles. The van der Waals surface area contributed by atoms with Gasteiger partial charge in [-0.15, -0.1) is 0 Å². The molecule has 29 heavy (non-hydrogen) atoms. The molecule has 7 heteroatoms. The number of carbonyl (C=O) groups excluding carboxylic acids is 1. The number of nitrogens with one attached hydrogen (secondary N) is 1. The number of aryl methyl sites for hydroxylation is 1. The Bertz CT molecular complexity index is 968. The molecule has 0 heterocycles. The average Bonchev–Trinajstić information content (AvgIpc) is 2.71. The Hall–Kier alpha value is -2.05. The lowest BCUT2D eigenvalue weighted by Crippen LogP contribution is -2.41. The molecule has 0 unspecified atom stereocenters. The summed E-state index contributed by atoms with van der Waals surface area (Å²) in [5.74, 6) is -0.191. The van der Waals surface area contributed by atoms with E-state index in [0.717, 1.165) is 31.2 Å². The van der Waals surface area contributed by atoms with Gasteiger partial charge in [-0.3, -0.25) is 9.52 Å². The Morgan fingerprint density at radius 3 is 2.38 bits per heavy atom. The molecule has 156 valence electrons. The fraction of sp³-hybridized carbons (Fsp3) is 0.409. The molecule has 3 rings (SSSR count). The summed E-state index contributed by atoms with van der Waals surface area (Å²) in [5.41, 5.74) is 1.49. The summed E-state index contributed by atoms with van der Waals surface area (Å²) in [6.45, 7) is 4.41. The van der Waals surface area contributed by atoms with Crippen LogP contribution in [-0.2, 0) is 10.0 Å². The van der Waals surface area contributed by atoms with Crippen molar-refractivity contribution < 1.29 is 13.2 Å². The van der Waals surface area contributed by atoms with E-state index in [1.807, 2.05) is 18.7 Å². The summed E-state index contributed by atoms with van der Waals surface area (Å²) < 4.78 is 28.3. The van der Waals surface area contributed by atoms with E-state index in [1.54, 1.807) is 42.5 Å². The van der Waals surface area contributed by atoms with Gasteiger partial charge in [-0.2, -0.15) is 0 Å². The third-order valence-electron chi connectivity index (χ3n) is 5.40. The van der Waals surface area contributed by atoms with Crippen molar-refractivity contribution in [2.75, 3.05) is 11.3 Å². The lowest BCUT2D eigenvalue weighted by molar-refractivity contribution is 0.0649. The normalized spacial score (nSPS) is 15.1. The van der Waals surface area contributed by atoms with E-state index in [2.05, 4.69) is 4.72 Å². The largest absolute Gasteiger partial charge is 0.336 e. The number of rotatable bonds is 6. The predicted octanol–water partition coefficient (Wildman–Crippen LogP) is 5.24. The number of nitrogens with zero attached hydrogens (tertiary/aromatic N) is 1.